The largest absolute Gasteiger partial charge is 0.480 e. The molecule has 0 aromatic carbocycles. The minimum absolute atomic E-state index is 0.0128. The second-order valence-corrected chi connectivity index (χ2v) is 18.7. The van der Waals surface area contributed by atoms with Crippen LogP contribution in [0.3, 0.4) is 0 Å². The fourth-order valence-corrected chi connectivity index (χ4v) is 7.96. The number of carboxylic acids is 1. The van der Waals surface area contributed by atoms with E-state index in [1.54, 1.807) is 0 Å². The Hall–Kier alpha value is -2.07. The third-order valence-electron chi connectivity index (χ3n) is 11.1. The highest BCUT2D eigenvalue weighted by Gasteiger charge is 2.27. The standard InChI is InChI=1S/C52H96NO9P/c1-3-5-7-9-11-13-15-17-19-21-23-24-25-27-29-31-33-35-37-39-41-43-45-59-46-49(47-60-63(57,58)61-48-50(53)52(55)56)62-51(54)44-42-40-38-36-34-32-30-28-26-22-20-18-16-14-12-10-8-6-4-2/h6,8,12,14,18,20,26,28,49-50H,3-5,7,9-11,13,15-17,19,21-25,27,29-48,53H2,1-2H3,(H,55,56)(H,57,58)/b8-6-,14-12-,20-18-,28-26-. The fraction of sp³-hybridized carbons (Fsp3) is 0.808. The van der Waals surface area contributed by atoms with Gasteiger partial charge in [0.25, 0.3) is 0 Å². The Bertz CT molecular complexity index is 1190. The van der Waals surface area contributed by atoms with Crippen LogP contribution in [-0.2, 0) is 32.7 Å². The van der Waals surface area contributed by atoms with Crippen LogP contribution in [0.2, 0.25) is 0 Å². The number of carboxylic acid groups (broad SMARTS) is 1. The Balaban J connectivity index is 4.13. The van der Waals surface area contributed by atoms with Gasteiger partial charge in [-0.3, -0.25) is 18.6 Å². The number of unbranched alkanes of at least 4 members (excludes halogenated alkanes) is 27. The molecule has 3 atom stereocenters. The van der Waals surface area contributed by atoms with E-state index in [9.17, 15) is 19.0 Å². The highest BCUT2D eigenvalue weighted by molar-refractivity contribution is 7.47. The van der Waals surface area contributed by atoms with Crippen LogP contribution in [0.15, 0.2) is 48.6 Å². The van der Waals surface area contributed by atoms with Gasteiger partial charge >= 0.3 is 19.8 Å². The van der Waals surface area contributed by atoms with Crippen LogP contribution in [0, 0.1) is 0 Å². The molecule has 0 bridgehead atoms. The predicted octanol–water partition coefficient (Wildman–Crippen LogP) is 15.0. The van der Waals surface area contributed by atoms with Crippen LogP contribution in [0.4, 0.5) is 0 Å². The molecule has 0 heterocycles. The van der Waals surface area contributed by atoms with Crippen LogP contribution in [0.1, 0.15) is 232 Å². The molecular weight excluding hydrogens is 814 g/mol. The lowest BCUT2D eigenvalue weighted by Crippen LogP contribution is -2.34. The van der Waals surface area contributed by atoms with E-state index in [0.717, 1.165) is 83.5 Å². The summed E-state index contributed by atoms with van der Waals surface area (Å²) in [7, 11) is -4.63. The maximum atomic E-state index is 12.7. The molecule has 10 nitrogen and oxygen atoms in total. The molecule has 0 spiro atoms. The number of rotatable bonds is 49. The van der Waals surface area contributed by atoms with Gasteiger partial charge in [0.05, 0.1) is 19.8 Å². The number of allylic oxidation sites excluding steroid dienone is 8. The summed E-state index contributed by atoms with van der Waals surface area (Å²) in [6.45, 7) is 3.79. The van der Waals surface area contributed by atoms with Gasteiger partial charge in [-0.15, -0.1) is 0 Å². The molecule has 0 radical (unpaired) electrons. The zero-order valence-corrected chi connectivity index (χ0v) is 41.3. The van der Waals surface area contributed by atoms with Gasteiger partial charge in [-0.25, -0.2) is 4.57 Å². The van der Waals surface area contributed by atoms with E-state index in [1.807, 2.05) is 0 Å². The third-order valence-corrected chi connectivity index (χ3v) is 12.1. The van der Waals surface area contributed by atoms with E-state index < -0.39 is 45.1 Å². The quantitative estimate of drug-likeness (QED) is 0.0232. The molecule has 0 saturated carbocycles. The number of phosphoric acid groups is 1. The van der Waals surface area contributed by atoms with Crippen LogP contribution in [0.5, 0.6) is 0 Å². The average molecular weight is 910 g/mol. The molecule has 63 heavy (non-hydrogen) atoms. The molecule has 0 aliphatic carbocycles. The summed E-state index contributed by atoms with van der Waals surface area (Å²) in [6.07, 6.45) is 57.4. The van der Waals surface area contributed by atoms with Crippen molar-refractivity contribution in [2.24, 2.45) is 5.73 Å². The minimum Gasteiger partial charge on any atom is -0.480 e. The van der Waals surface area contributed by atoms with E-state index in [4.69, 9.17) is 29.4 Å². The Morgan fingerprint density at radius 3 is 1.38 bits per heavy atom. The highest BCUT2D eigenvalue weighted by Crippen LogP contribution is 2.43. The molecule has 0 aromatic rings. The molecule has 368 valence electrons. The summed E-state index contributed by atoms with van der Waals surface area (Å²) < 4.78 is 33.5. The lowest BCUT2D eigenvalue weighted by atomic mass is 10.0. The molecule has 0 aromatic heterocycles. The molecule has 0 saturated heterocycles. The maximum absolute atomic E-state index is 12.7. The van der Waals surface area contributed by atoms with E-state index in [0.29, 0.717) is 13.0 Å². The number of esters is 1. The second kappa shape index (κ2) is 47.9. The Labute approximate surface area is 386 Å². The Morgan fingerprint density at radius 1 is 0.524 bits per heavy atom. The number of phosphoric ester groups is 1. The van der Waals surface area contributed by atoms with Crippen molar-refractivity contribution in [2.75, 3.05) is 26.4 Å². The van der Waals surface area contributed by atoms with Gasteiger partial charge in [0.2, 0.25) is 0 Å². The Kier molecular flexibility index (Phi) is 46.3. The van der Waals surface area contributed by atoms with Gasteiger partial charge in [0.1, 0.15) is 12.1 Å². The van der Waals surface area contributed by atoms with Gasteiger partial charge in [-0.05, 0) is 51.4 Å². The SMILES string of the molecule is CC/C=C\C/C=C\C/C=C\C/C=C\CCCCCCCCC(=O)OC(COCCCCCCCCCCCCCCCCCCCCCCCC)COP(=O)(O)OCC(N)C(=O)O. The van der Waals surface area contributed by atoms with Gasteiger partial charge < -0.3 is 25.2 Å². The van der Waals surface area contributed by atoms with Crippen molar-refractivity contribution in [3.05, 3.63) is 48.6 Å². The molecule has 11 heteroatoms. The number of carbonyl (C=O) groups excluding carboxylic acids is 1. The third kappa shape index (κ3) is 47.7. The molecule has 0 aliphatic heterocycles. The number of carbonyl (C=O) groups is 2. The number of aliphatic carboxylic acids is 1. The maximum Gasteiger partial charge on any atom is 0.472 e. The van der Waals surface area contributed by atoms with Gasteiger partial charge in [0.15, 0.2) is 0 Å². The molecule has 0 aliphatic rings. The Morgan fingerprint density at radius 2 is 0.921 bits per heavy atom. The number of ether oxygens (including phenoxy) is 2. The van der Waals surface area contributed by atoms with Crippen molar-refractivity contribution < 1.29 is 42.7 Å². The van der Waals surface area contributed by atoms with E-state index in [1.165, 1.54) is 122 Å². The number of nitrogens with two attached hydrogens (primary N) is 1. The smallest absolute Gasteiger partial charge is 0.472 e. The van der Waals surface area contributed by atoms with Crippen LogP contribution in [0.25, 0.3) is 0 Å². The summed E-state index contributed by atoms with van der Waals surface area (Å²) >= 11 is 0. The first-order chi connectivity index (χ1) is 30.7. The lowest BCUT2D eigenvalue weighted by molar-refractivity contribution is -0.154. The lowest BCUT2D eigenvalue weighted by Gasteiger charge is -2.20. The van der Waals surface area contributed by atoms with Gasteiger partial charge in [-0.1, -0.05) is 223 Å². The monoisotopic (exact) mass is 910 g/mol. The summed E-state index contributed by atoms with van der Waals surface area (Å²) in [5.41, 5.74) is 5.37. The summed E-state index contributed by atoms with van der Waals surface area (Å²) in [4.78, 5) is 33.7. The number of hydrogen-bond acceptors (Lipinski definition) is 8. The van der Waals surface area contributed by atoms with Crippen molar-refractivity contribution in [3.63, 3.8) is 0 Å². The average Bonchev–Trinajstić information content (AvgIpc) is 3.26. The molecule has 0 rings (SSSR count). The van der Waals surface area contributed by atoms with Crippen molar-refractivity contribution in [2.45, 2.75) is 244 Å². The number of hydrogen-bond donors (Lipinski definition) is 3. The molecule has 0 amide bonds. The summed E-state index contributed by atoms with van der Waals surface area (Å²) in [5.74, 6) is -1.79. The zero-order chi connectivity index (χ0) is 46.2. The van der Waals surface area contributed by atoms with Crippen molar-refractivity contribution >= 4 is 19.8 Å². The highest BCUT2D eigenvalue weighted by atomic mass is 31.2. The van der Waals surface area contributed by atoms with Crippen molar-refractivity contribution in [1.29, 1.82) is 0 Å². The van der Waals surface area contributed by atoms with Crippen LogP contribution in [-0.4, -0.2) is 60.5 Å². The molecule has 4 N–H and O–H groups in total. The first-order valence-corrected chi connectivity index (χ1v) is 27.2. The van der Waals surface area contributed by atoms with Crippen molar-refractivity contribution in [1.82, 2.24) is 0 Å². The predicted molar refractivity (Wildman–Crippen MR) is 263 cm³/mol. The molecule has 0 fully saturated rings. The van der Waals surface area contributed by atoms with Crippen LogP contribution < -0.4 is 5.73 Å². The van der Waals surface area contributed by atoms with Crippen LogP contribution >= 0.6 is 7.82 Å². The molecule has 3 unspecified atom stereocenters. The molecular formula is C52H96NO9P. The van der Waals surface area contributed by atoms with E-state index in [-0.39, 0.29) is 13.0 Å². The normalized spacial score (nSPS) is 14.1. The fourth-order valence-electron chi connectivity index (χ4n) is 7.19. The van der Waals surface area contributed by atoms with Gasteiger partial charge in [-0.2, -0.15) is 0 Å². The van der Waals surface area contributed by atoms with Crippen molar-refractivity contribution in [3.8, 4) is 0 Å². The van der Waals surface area contributed by atoms with Gasteiger partial charge in [0, 0.05) is 13.0 Å². The topological polar surface area (TPSA) is 155 Å². The summed E-state index contributed by atoms with van der Waals surface area (Å²) in [6, 6.07) is -1.48. The van der Waals surface area contributed by atoms with E-state index >= 15 is 0 Å². The first-order valence-electron chi connectivity index (χ1n) is 25.7. The summed E-state index contributed by atoms with van der Waals surface area (Å²) in [5, 5.41) is 8.93. The first kappa shape index (κ1) is 60.9. The van der Waals surface area contributed by atoms with E-state index in [2.05, 4.69) is 62.5 Å². The second-order valence-electron chi connectivity index (χ2n) is 17.3. The minimum atomic E-state index is -4.63. The zero-order valence-electron chi connectivity index (χ0n) is 40.4.